The van der Waals surface area contributed by atoms with Crippen molar-refractivity contribution < 1.29 is 14.3 Å². The highest BCUT2D eigenvalue weighted by molar-refractivity contribution is 7.99. The lowest BCUT2D eigenvalue weighted by atomic mass is 10.2. The van der Waals surface area contributed by atoms with Crippen LogP contribution in [0.1, 0.15) is 10.4 Å². The van der Waals surface area contributed by atoms with Crippen molar-refractivity contribution in [3.05, 3.63) is 79.0 Å². The summed E-state index contributed by atoms with van der Waals surface area (Å²) in [6.45, 7) is 3.43. The van der Waals surface area contributed by atoms with Crippen LogP contribution in [0.2, 0.25) is 0 Å². The van der Waals surface area contributed by atoms with Crippen LogP contribution in [-0.2, 0) is 9.53 Å². The molecular formula is C21H18N4O3S. The molecule has 146 valence electrons. The highest BCUT2D eigenvalue weighted by atomic mass is 32.2. The molecule has 0 aliphatic heterocycles. The van der Waals surface area contributed by atoms with E-state index >= 15 is 0 Å². The average Bonchev–Trinajstić information content (AvgIpc) is 2.75. The summed E-state index contributed by atoms with van der Waals surface area (Å²) in [7, 11) is 1.34. The van der Waals surface area contributed by atoms with E-state index in [2.05, 4.69) is 27.2 Å². The lowest BCUT2D eigenvalue weighted by Gasteiger charge is -2.08. The molecule has 29 heavy (non-hydrogen) atoms. The Morgan fingerprint density at radius 2 is 1.90 bits per heavy atom. The van der Waals surface area contributed by atoms with Crippen molar-refractivity contribution in [2.45, 2.75) is 9.92 Å². The second-order valence-corrected chi connectivity index (χ2v) is 6.83. The molecule has 1 aromatic heterocycles. The maximum atomic E-state index is 11.7. The molecular weight excluding hydrogens is 388 g/mol. The van der Waals surface area contributed by atoms with E-state index in [0.717, 1.165) is 9.92 Å². The number of hydrogen-bond donors (Lipinski definition) is 2. The minimum Gasteiger partial charge on any atom is -0.465 e. The van der Waals surface area contributed by atoms with E-state index in [4.69, 9.17) is 4.74 Å². The number of ether oxygens (including phenoxy) is 1. The smallest absolute Gasteiger partial charge is 0.337 e. The van der Waals surface area contributed by atoms with Gasteiger partial charge in [0.15, 0.2) is 0 Å². The fraction of sp³-hybridized carbons (Fsp3) is 0.0476. The third-order valence-corrected chi connectivity index (χ3v) is 4.64. The van der Waals surface area contributed by atoms with Gasteiger partial charge in [-0.1, -0.05) is 24.4 Å². The molecule has 3 rings (SSSR count). The van der Waals surface area contributed by atoms with Crippen molar-refractivity contribution in [1.29, 1.82) is 0 Å². The van der Waals surface area contributed by atoms with Crippen LogP contribution in [0.15, 0.2) is 83.4 Å². The molecule has 0 bridgehead atoms. The van der Waals surface area contributed by atoms with Gasteiger partial charge in [0.25, 0.3) is 0 Å². The average molecular weight is 406 g/mol. The summed E-state index contributed by atoms with van der Waals surface area (Å²) in [6, 6.07) is 16.1. The second-order valence-electron chi connectivity index (χ2n) is 5.74. The Labute approximate surface area is 172 Å². The molecule has 1 heterocycles. The van der Waals surface area contributed by atoms with Crippen molar-refractivity contribution in [3.63, 3.8) is 0 Å². The van der Waals surface area contributed by atoms with Crippen LogP contribution in [0, 0.1) is 0 Å². The lowest BCUT2D eigenvalue weighted by Crippen LogP contribution is -2.06. The van der Waals surface area contributed by atoms with Crippen LogP contribution in [-0.4, -0.2) is 29.0 Å². The van der Waals surface area contributed by atoms with E-state index in [0.29, 0.717) is 22.9 Å². The predicted octanol–water partition coefficient (Wildman–Crippen LogP) is 4.28. The molecule has 0 atom stereocenters. The number of amides is 1. The lowest BCUT2D eigenvalue weighted by molar-refractivity contribution is -0.111. The molecule has 7 nitrogen and oxygen atoms in total. The highest BCUT2D eigenvalue weighted by Gasteiger charge is 2.07. The number of carbonyl (C=O) groups excluding carboxylic acids is 2. The third kappa shape index (κ3) is 5.66. The SMILES string of the molecule is C=CC(=O)Nc1ccc(Sc2ccnc(Nc3cccc(C(=O)OC)c3)n2)cc1. The summed E-state index contributed by atoms with van der Waals surface area (Å²) in [6.07, 6.45) is 2.87. The third-order valence-electron chi connectivity index (χ3n) is 3.70. The van der Waals surface area contributed by atoms with Crippen molar-refractivity contribution in [2.24, 2.45) is 0 Å². The molecule has 0 fully saturated rings. The van der Waals surface area contributed by atoms with Gasteiger partial charge in [0.05, 0.1) is 12.7 Å². The Bertz CT molecular complexity index is 1040. The van der Waals surface area contributed by atoms with Crippen LogP contribution < -0.4 is 10.6 Å². The molecule has 8 heteroatoms. The molecule has 3 aromatic rings. The first kappa shape index (κ1) is 20.1. The summed E-state index contributed by atoms with van der Waals surface area (Å²) >= 11 is 1.46. The summed E-state index contributed by atoms with van der Waals surface area (Å²) in [5, 5.41) is 6.53. The summed E-state index contributed by atoms with van der Waals surface area (Å²) in [5.74, 6) is -0.258. The van der Waals surface area contributed by atoms with Gasteiger partial charge in [0.1, 0.15) is 5.03 Å². The van der Waals surface area contributed by atoms with Gasteiger partial charge in [0, 0.05) is 22.5 Å². The minimum atomic E-state index is -0.411. The van der Waals surface area contributed by atoms with E-state index in [1.54, 1.807) is 30.5 Å². The zero-order valence-electron chi connectivity index (χ0n) is 15.6. The minimum absolute atomic E-state index is 0.256. The van der Waals surface area contributed by atoms with Crippen LogP contribution in [0.5, 0.6) is 0 Å². The fourth-order valence-corrected chi connectivity index (χ4v) is 3.13. The van der Waals surface area contributed by atoms with Crippen LogP contribution in [0.3, 0.4) is 0 Å². The Morgan fingerprint density at radius 1 is 1.10 bits per heavy atom. The first-order valence-corrected chi connectivity index (χ1v) is 9.39. The van der Waals surface area contributed by atoms with Gasteiger partial charge in [-0.3, -0.25) is 4.79 Å². The molecule has 0 unspecified atom stereocenters. The van der Waals surface area contributed by atoms with E-state index < -0.39 is 5.97 Å². The molecule has 0 saturated carbocycles. The molecule has 2 N–H and O–H groups in total. The number of rotatable bonds is 7. The van der Waals surface area contributed by atoms with Crippen molar-refractivity contribution in [3.8, 4) is 0 Å². The van der Waals surface area contributed by atoms with Gasteiger partial charge in [-0.2, -0.15) is 0 Å². The Morgan fingerprint density at radius 3 is 2.62 bits per heavy atom. The summed E-state index contributed by atoms with van der Waals surface area (Å²) in [4.78, 5) is 32.7. The normalized spacial score (nSPS) is 10.1. The van der Waals surface area contributed by atoms with Crippen molar-refractivity contribution in [1.82, 2.24) is 9.97 Å². The number of anilines is 3. The van der Waals surface area contributed by atoms with Crippen LogP contribution >= 0.6 is 11.8 Å². The second kappa shape index (κ2) is 9.52. The molecule has 0 aliphatic rings. The van der Waals surface area contributed by atoms with Crippen LogP contribution in [0.4, 0.5) is 17.3 Å². The van der Waals surface area contributed by atoms with Crippen molar-refractivity contribution >= 4 is 41.0 Å². The standard InChI is InChI=1S/C21H18N4O3S/c1-3-18(26)23-15-7-9-17(10-8-15)29-19-11-12-22-21(25-19)24-16-6-4-5-14(13-16)20(27)28-2/h3-13H,1H2,2H3,(H,23,26)(H,22,24,25). The highest BCUT2D eigenvalue weighted by Crippen LogP contribution is 2.28. The van der Waals surface area contributed by atoms with Gasteiger partial charge < -0.3 is 15.4 Å². The summed E-state index contributed by atoms with van der Waals surface area (Å²) < 4.78 is 4.73. The topological polar surface area (TPSA) is 93.2 Å². The van der Waals surface area contributed by atoms with E-state index in [1.807, 2.05) is 30.3 Å². The molecule has 0 saturated heterocycles. The van der Waals surface area contributed by atoms with E-state index in [1.165, 1.54) is 24.9 Å². The molecule has 0 aliphatic carbocycles. The van der Waals surface area contributed by atoms with Gasteiger partial charge in [-0.25, -0.2) is 14.8 Å². The first-order valence-electron chi connectivity index (χ1n) is 8.57. The maximum absolute atomic E-state index is 11.7. The fourth-order valence-electron chi connectivity index (χ4n) is 2.35. The number of carbonyl (C=O) groups is 2. The maximum Gasteiger partial charge on any atom is 0.337 e. The van der Waals surface area contributed by atoms with Crippen LogP contribution in [0.25, 0.3) is 0 Å². The number of nitrogens with zero attached hydrogens (tertiary/aromatic N) is 2. The zero-order chi connectivity index (χ0) is 20.6. The first-order chi connectivity index (χ1) is 14.1. The number of benzene rings is 2. The quantitative estimate of drug-likeness (QED) is 0.344. The van der Waals surface area contributed by atoms with Gasteiger partial charge in [-0.05, 0) is 54.6 Å². The number of aromatic nitrogens is 2. The molecule has 2 aromatic carbocycles. The summed E-state index contributed by atoms with van der Waals surface area (Å²) in [5.41, 5.74) is 1.80. The molecule has 0 spiro atoms. The number of esters is 1. The number of hydrogen-bond acceptors (Lipinski definition) is 7. The van der Waals surface area contributed by atoms with Gasteiger partial charge in [0.2, 0.25) is 11.9 Å². The van der Waals surface area contributed by atoms with Gasteiger partial charge in [-0.15, -0.1) is 0 Å². The predicted molar refractivity (Wildman–Crippen MR) is 112 cm³/mol. The van der Waals surface area contributed by atoms with Crippen molar-refractivity contribution in [2.75, 3.05) is 17.7 Å². The zero-order valence-corrected chi connectivity index (χ0v) is 16.4. The Kier molecular flexibility index (Phi) is 6.59. The molecule has 0 radical (unpaired) electrons. The monoisotopic (exact) mass is 406 g/mol. The number of nitrogens with one attached hydrogen (secondary N) is 2. The Hall–Kier alpha value is -3.65. The number of methoxy groups -OCH3 is 1. The van der Waals surface area contributed by atoms with E-state index in [-0.39, 0.29) is 5.91 Å². The Balaban J connectivity index is 1.69. The van der Waals surface area contributed by atoms with Gasteiger partial charge >= 0.3 is 5.97 Å². The largest absolute Gasteiger partial charge is 0.465 e. The van der Waals surface area contributed by atoms with E-state index in [9.17, 15) is 9.59 Å². The molecule has 1 amide bonds.